The molecule has 1 aliphatic rings. The van der Waals surface area contributed by atoms with Crippen LogP contribution in [0.5, 0.6) is 0 Å². The monoisotopic (exact) mass is 450 g/mol. The molecule has 2 amide bonds. The number of hydrogen-bond acceptors (Lipinski definition) is 3. The molecule has 1 heterocycles. The van der Waals surface area contributed by atoms with E-state index in [0.717, 1.165) is 30.5 Å². The predicted octanol–water partition coefficient (Wildman–Crippen LogP) is 5.19. The van der Waals surface area contributed by atoms with Crippen LogP contribution in [0.4, 0.5) is 13.2 Å². The minimum atomic E-state index is -4.43. The van der Waals surface area contributed by atoms with Gasteiger partial charge in [-0.15, -0.1) is 11.8 Å². The highest BCUT2D eigenvalue weighted by atomic mass is 32.2. The van der Waals surface area contributed by atoms with Gasteiger partial charge in [-0.3, -0.25) is 9.59 Å². The average Bonchev–Trinajstić information content (AvgIpc) is 3.18. The van der Waals surface area contributed by atoms with Crippen LogP contribution >= 0.6 is 11.8 Å². The zero-order valence-electron chi connectivity index (χ0n) is 17.4. The van der Waals surface area contributed by atoms with E-state index in [-0.39, 0.29) is 11.8 Å². The zero-order chi connectivity index (χ0) is 22.6. The number of thioether (sulfide) groups is 1. The van der Waals surface area contributed by atoms with Gasteiger partial charge < -0.3 is 10.2 Å². The third-order valence-corrected chi connectivity index (χ3v) is 6.59. The number of carbonyl (C=O) groups is 2. The molecule has 0 radical (unpaired) electrons. The van der Waals surface area contributed by atoms with E-state index < -0.39 is 23.2 Å². The minimum Gasteiger partial charge on any atom is -0.354 e. The number of nitrogens with zero attached hydrogens (tertiary/aromatic N) is 1. The predicted molar refractivity (Wildman–Crippen MR) is 116 cm³/mol. The van der Waals surface area contributed by atoms with Gasteiger partial charge in [0.2, 0.25) is 5.91 Å². The van der Waals surface area contributed by atoms with Gasteiger partial charge in [0.1, 0.15) is 11.4 Å². The fraction of sp³-hybridized carbons (Fsp3) is 0.391. The lowest BCUT2D eigenvalue weighted by Gasteiger charge is -2.30. The number of hydrogen-bond donors (Lipinski definition) is 1. The van der Waals surface area contributed by atoms with Gasteiger partial charge >= 0.3 is 6.18 Å². The van der Waals surface area contributed by atoms with Crippen LogP contribution in [0.15, 0.2) is 48.5 Å². The number of unbranched alkanes of at least 4 members (excludes halogenated alkanes) is 1. The molecular weight excluding hydrogens is 425 g/mol. The lowest BCUT2D eigenvalue weighted by Crippen LogP contribution is -2.48. The number of halogens is 3. The van der Waals surface area contributed by atoms with Crippen molar-refractivity contribution >= 4 is 23.6 Å². The summed E-state index contributed by atoms with van der Waals surface area (Å²) in [6.45, 7) is 4.36. The van der Waals surface area contributed by atoms with Crippen molar-refractivity contribution in [3.8, 4) is 0 Å². The summed E-state index contributed by atoms with van der Waals surface area (Å²) in [5, 5.41) is 2.34. The van der Waals surface area contributed by atoms with E-state index in [0.29, 0.717) is 23.4 Å². The zero-order valence-corrected chi connectivity index (χ0v) is 18.2. The number of alkyl halides is 3. The van der Waals surface area contributed by atoms with Gasteiger partial charge in [-0.25, -0.2) is 0 Å². The maximum absolute atomic E-state index is 13.5. The van der Waals surface area contributed by atoms with Crippen LogP contribution < -0.4 is 5.32 Å². The molecule has 0 spiro atoms. The van der Waals surface area contributed by atoms with Crippen molar-refractivity contribution in [1.29, 1.82) is 0 Å². The molecule has 8 heteroatoms. The second-order valence-corrected chi connectivity index (χ2v) is 8.61. The normalized spacial score (nSPS) is 18.8. The largest absolute Gasteiger partial charge is 0.416 e. The molecule has 4 nitrogen and oxygen atoms in total. The molecule has 0 bridgehead atoms. The van der Waals surface area contributed by atoms with E-state index in [1.807, 2.05) is 26.0 Å². The molecule has 1 saturated heterocycles. The number of aryl methyl sites for hydroxylation is 1. The summed E-state index contributed by atoms with van der Waals surface area (Å²) in [6, 6.07) is 11.2. The van der Waals surface area contributed by atoms with Crippen molar-refractivity contribution in [3.05, 3.63) is 70.8 Å². The highest BCUT2D eigenvalue weighted by molar-refractivity contribution is 7.99. The Kier molecular flexibility index (Phi) is 7.30. The molecule has 1 aliphatic heterocycles. The average molecular weight is 451 g/mol. The molecule has 2 unspecified atom stereocenters. The van der Waals surface area contributed by atoms with Crippen molar-refractivity contribution in [3.63, 3.8) is 0 Å². The maximum atomic E-state index is 13.5. The Morgan fingerprint density at radius 3 is 2.42 bits per heavy atom. The van der Waals surface area contributed by atoms with Crippen molar-refractivity contribution in [1.82, 2.24) is 10.2 Å². The van der Waals surface area contributed by atoms with Gasteiger partial charge in [-0.1, -0.05) is 43.7 Å². The smallest absolute Gasteiger partial charge is 0.354 e. The topological polar surface area (TPSA) is 49.4 Å². The SMILES string of the molecule is CCCCNC(=O)C1CSC(c2ccc(C(F)(F)F)cc2)N1C(=O)c1ccccc1C. The van der Waals surface area contributed by atoms with Crippen LogP contribution in [0.2, 0.25) is 0 Å². The first-order valence-electron chi connectivity index (χ1n) is 10.2. The van der Waals surface area contributed by atoms with E-state index in [1.165, 1.54) is 28.8 Å². The van der Waals surface area contributed by atoms with Crippen LogP contribution in [0.1, 0.15) is 52.2 Å². The van der Waals surface area contributed by atoms with Gasteiger partial charge in [-0.05, 0) is 42.7 Å². The molecule has 166 valence electrons. The summed E-state index contributed by atoms with van der Waals surface area (Å²) >= 11 is 1.38. The van der Waals surface area contributed by atoms with Crippen LogP contribution in [0.25, 0.3) is 0 Å². The molecule has 0 aromatic heterocycles. The summed E-state index contributed by atoms with van der Waals surface area (Å²) in [4.78, 5) is 27.8. The summed E-state index contributed by atoms with van der Waals surface area (Å²) in [6.07, 6.45) is -2.67. The van der Waals surface area contributed by atoms with Gasteiger partial charge in [0.25, 0.3) is 5.91 Å². The van der Waals surface area contributed by atoms with E-state index in [9.17, 15) is 22.8 Å². The Bertz CT molecular complexity index is 931. The molecule has 1 N–H and O–H groups in total. The molecule has 31 heavy (non-hydrogen) atoms. The number of nitrogens with one attached hydrogen (secondary N) is 1. The fourth-order valence-corrected chi connectivity index (χ4v) is 4.94. The van der Waals surface area contributed by atoms with Gasteiger partial charge in [0.15, 0.2) is 0 Å². The maximum Gasteiger partial charge on any atom is 0.416 e. The number of benzene rings is 2. The number of amides is 2. The summed E-state index contributed by atoms with van der Waals surface area (Å²) in [5.74, 6) is -0.165. The second kappa shape index (κ2) is 9.77. The second-order valence-electron chi connectivity index (χ2n) is 7.49. The standard InChI is InChI=1S/C23H25F3N2O2S/c1-3-4-13-27-20(29)19-14-31-22(16-9-11-17(12-10-16)23(24,25)26)28(19)21(30)18-8-6-5-7-15(18)2/h5-12,19,22H,3-4,13-14H2,1-2H3,(H,27,29). The molecular formula is C23H25F3N2O2S. The molecule has 2 aromatic carbocycles. The first-order chi connectivity index (χ1) is 14.7. The Labute approximate surface area is 184 Å². The first-order valence-corrected chi connectivity index (χ1v) is 11.2. The van der Waals surface area contributed by atoms with E-state index in [2.05, 4.69) is 5.32 Å². The van der Waals surface area contributed by atoms with Crippen molar-refractivity contribution in [2.24, 2.45) is 0 Å². The third kappa shape index (κ3) is 5.23. The third-order valence-electron chi connectivity index (χ3n) is 5.27. The van der Waals surface area contributed by atoms with Gasteiger partial charge in [-0.2, -0.15) is 13.2 Å². The van der Waals surface area contributed by atoms with Crippen LogP contribution in [-0.4, -0.2) is 35.1 Å². The Morgan fingerprint density at radius 1 is 1.13 bits per heavy atom. The number of rotatable bonds is 6. The Balaban J connectivity index is 1.93. The highest BCUT2D eigenvalue weighted by Crippen LogP contribution is 2.43. The Morgan fingerprint density at radius 2 is 1.81 bits per heavy atom. The van der Waals surface area contributed by atoms with Crippen molar-refractivity contribution in [2.45, 2.75) is 44.3 Å². The lowest BCUT2D eigenvalue weighted by atomic mass is 10.0. The Hall–Kier alpha value is -2.48. The lowest BCUT2D eigenvalue weighted by molar-refractivity contribution is -0.137. The van der Waals surface area contributed by atoms with Crippen LogP contribution in [0, 0.1) is 6.92 Å². The molecule has 1 fully saturated rings. The summed E-state index contributed by atoms with van der Waals surface area (Å²) in [5.41, 5.74) is 1.07. The van der Waals surface area contributed by atoms with Crippen LogP contribution in [0.3, 0.4) is 0 Å². The van der Waals surface area contributed by atoms with Gasteiger partial charge in [0, 0.05) is 17.9 Å². The first kappa shape index (κ1) is 23.2. The molecule has 2 aromatic rings. The molecule has 0 saturated carbocycles. The van der Waals surface area contributed by atoms with E-state index >= 15 is 0 Å². The number of carbonyl (C=O) groups excluding carboxylic acids is 2. The van der Waals surface area contributed by atoms with Gasteiger partial charge in [0.05, 0.1) is 5.56 Å². The van der Waals surface area contributed by atoms with Crippen molar-refractivity contribution in [2.75, 3.05) is 12.3 Å². The fourth-order valence-electron chi connectivity index (χ4n) is 3.51. The van der Waals surface area contributed by atoms with E-state index in [4.69, 9.17) is 0 Å². The molecule has 3 rings (SSSR count). The van der Waals surface area contributed by atoms with Crippen molar-refractivity contribution < 1.29 is 22.8 Å². The quantitative estimate of drug-likeness (QED) is 0.617. The summed E-state index contributed by atoms with van der Waals surface area (Å²) in [7, 11) is 0. The summed E-state index contributed by atoms with van der Waals surface area (Å²) < 4.78 is 38.9. The van der Waals surface area contributed by atoms with Crippen LogP contribution in [-0.2, 0) is 11.0 Å². The molecule has 0 aliphatic carbocycles. The van der Waals surface area contributed by atoms with E-state index in [1.54, 1.807) is 12.1 Å². The highest BCUT2D eigenvalue weighted by Gasteiger charge is 2.43. The molecule has 2 atom stereocenters. The minimum absolute atomic E-state index is 0.239.